The maximum atomic E-state index is 12.2. The number of rotatable bonds is 6. The molecule has 2 aromatic carbocycles. The SMILES string of the molecule is Cc1c(Cl)cccc1NC(=O)CSc1cccc(NC(=O)C2CC2)c1. The largest absolute Gasteiger partial charge is 0.326 e. The van der Waals surface area contributed by atoms with Crippen molar-refractivity contribution in [3.8, 4) is 0 Å². The molecule has 4 nitrogen and oxygen atoms in total. The van der Waals surface area contributed by atoms with Gasteiger partial charge in [0.25, 0.3) is 0 Å². The molecular formula is C19H19ClN2O2S. The number of nitrogens with one attached hydrogen (secondary N) is 2. The van der Waals surface area contributed by atoms with Crippen molar-refractivity contribution < 1.29 is 9.59 Å². The molecule has 1 fully saturated rings. The smallest absolute Gasteiger partial charge is 0.234 e. The predicted molar refractivity (Wildman–Crippen MR) is 103 cm³/mol. The van der Waals surface area contributed by atoms with Gasteiger partial charge in [-0.3, -0.25) is 9.59 Å². The lowest BCUT2D eigenvalue weighted by Gasteiger charge is -2.10. The lowest BCUT2D eigenvalue weighted by atomic mass is 10.2. The molecule has 2 N–H and O–H groups in total. The number of anilines is 2. The molecule has 130 valence electrons. The number of carbonyl (C=O) groups is 2. The third kappa shape index (κ3) is 5.00. The number of benzene rings is 2. The molecule has 1 saturated carbocycles. The Balaban J connectivity index is 1.54. The zero-order valence-electron chi connectivity index (χ0n) is 13.8. The Hall–Kier alpha value is -1.98. The summed E-state index contributed by atoms with van der Waals surface area (Å²) in [4.78, 5) is 24.9. The molecule has 0 atom stereocenters. The van der Waals surface area contributed by atoms with Gasteiger partial charge in [0.15, 0.2) is 0 Å². The fourth-order valence-electron chi connectivity index (χ4n) is 2.33. The fraction of sp³-hybridized carbons (Fsp3) is 0.263. The number of amides is 2. The van der Waals surface area contributed by atoms with Crippen LogP contribution in [0.15, 0.2) is 47.4 Å². The molecule has 0 bridgehead atoms. The van der Waals surface area contributed by atoms with E-state index in [-0.39, 0.29) is 23.5 Å². The van der Waals surface area contributed by atoms with E-state index in [9.17, 15) is 9.59 Å². The van der Waals surface area contributed by atoms with Crippen LogP contribution in [0.4, 0.5) is 11.4 Å². The maximum Gasteiger partial charge on any atom is 0.234 e. The average molecular weight is 375 g/mol. The topological polar surface area (TPSA) is 58.2 Å². The highest BCUT2D eigenvalue weighted by Crippen LogP contribution is 2.31. The number of carbonyl (C=O) groups excluding carboxylic acids is 2. The van der Waals surface area contributed by atoms with Crippen LogP contribution in [0.25, 0.3) is 0 Å². The van der Waals surface area contributed by atoms with Crippen molar-refractivity contribution in [3.05, 3.63) is 53.1 Å². The molecule has 0 aliphatic heterocycles. The van der Waals surface area contributed by atoms with Gasteiger partial charge in [-0.25, -0.2) is 0 Å². The van der Waals surface area contributed by atoms with Crippen LogP contribution in [0.5, 0.6) is 0 Å². The number of hydrogen-bond acceptors (Lipinski definition) is 3. The lowest BCUT2D eigenvalue weighted by molar-refractivity contribution is -0.117. The second-order valence-electron chi connectivity index (χ2n) is 6.04. The zero-order chi connectivity index (χ0) is 17.8. The molecule has 2 amide bonds. The van der Waals surface area contributed by atoms with E-state index in [0.717, 1.165) is 34.7 Å². The highest BCUT2D eigenvalue weighted by molar-refractivity contribution is 8.00. The normalized spacial score (nSPS) is 13.4. The van der Waals surface area contributed by atoms with Gasteiger partial charge in [-0.15, -0.1) is 11.8 Å². The minimum absolute atomic E-state index is 0.0799. The van der Waals surface area contributed by atoms with Crippen LogP contribution in [0.1, 0.15) is 18.4 Å². The quantitative estimate of drug-likeness (QED) is 0.719. The Morgan fingerprint density at radius 2 is 1.92 bits per heavy atom. The summed E-state index contributed by atoms with van der Waals surface area (Å²) in [5, 5.41) is 6.42. The van der Waals surface area contributed by atoms with E-state index < -0.39 is 0 Å². The van der Waals surface area contributed by atoms with E-state index >= 15 is 0 Å². The van der Waals surface area contributed by atoms with Gasteiger partial charge >= 0.3 is 0 Å². The van der Waals surface area contributed by atoms with Crippen LogP contribution in [-0.2, 0) is 9.59 Å². The summed E-state index contributed by atoms with van der Waals surface area (Å²) in [7, 11) is 0. The molecule has 0 heterocycles. The molecule has 0 radical (unpaired) electrons. The van der Waals surface area contributed by atoms with E-state index in [1.165, 1.54) is 11.8 Å². The van der Waals surface area contributed by atoms with Crippen molar-refractivity contribution in [1.29, 1.82) is 0 Å². The lowest BCUT2D eigenvalue weighted by Crippen LogP contribution is -2.15. The number of halogens is 1. The molecule has 2 aromatic rings. The van der Waals surface area contributed by atoms with Gasteiger partial charge in [0.1, 0.15) is 0 Å². The summed E-state index contributed by atoms with van der Waals surface area (Å²) in [5.41, 5.74) is 2.35. The van der Waals surface area contributed by atoms with Crippen LogP contribution in [-0.4, -0.2) is 17.6 Å². The van der Waals surface area contributed by atoms with Gasteiger partial charge in [0.05, 0.1) is 5.75 Å². The summed E-state index contributed by atoms with van der Waals surface area (Å²) in [6.07, 6.45) is 1.95. The molecule has 3 rings (SSSR count). The summed E-state index contributed by atoms with van der Waals surface area (Å²) < 4.78 is 0. The van der Waals surface area contributed by atoms with Gasteiger partial charge in [0.2, 0.25) is 11.8 Å². The molecule has 6 heteroatoms. The summed E-state index contributed by atoms with van der Waals surface area (Å²) in [5.74, 6) is 0.438. The van der Waals surface area contributed by atoms with E-state index in [4.69, 9.17) is 11.6 Å². The summed E-state index contributed by atoms with van der Waals surface area (Å²) >= 11 is 7.49. The van der Waals surface area contributed by atoms with Crippen LogP contribution in [0.2, 0.25) is 5.02 Å². The number of thioether (sulfide) groups is 1. The van der Waals surface area contributed by atoms with Gasteiger partial charge in [-0.1, -0.05) is 23.7 Å². The molecule has 0 spiro atoms. The summed E-state index contributed by atoms with van der Waals surface area (Å²) in [6.45, 7) is 1.87. The second kappa shape index (κ2) is 7.93. The van der Waals surface area contributed by atoms with E-state index in [0.29, 0.717) is 5.02 Å². The molecular weight excluding hydrogens is 356 g/mol. The van der Waals surface area contributed by atoms with Crippen LogP contribution in [0, 0.1) is 12.8 Å². The molecule has 1 aliphatic carbocycles. The first-order chi connectivity index (χ1) is 12.0. The first kappa shape index (κ1) is 17.8. The standard InChI is InChI=1S/C19H19ClN2O2S/c1-12-16(20)6-3-7-17(12)22-18(23)11-25-15-5-2-4-14(10-15)21-19(24)13-8-9-13/h2-7,10,13H,8-9,11H2,1H3,(H,21,24)(H,22,23). The molecule has 25 heavy (non-hydrogen) atoms. The van der Waals surface area contributed by atoms with E-state index in [2.05, 4.69) is 10.6 Å². The number of hydrogen-bond donors (Lipinski definition) is 2. The minimum atomic E-state index is -0.0946. The monoisotopic (exact) mass is 374 g/mol. The van der Waals surface area contributed by atoms with E-state index in [1.54, 1.807) is 6.07 Å². The van der Waals surface area contributed by atoms with Gasteiger partial charge < -0.3 is 10.6 Å². The first-order valence-electron chi connectivity index (χ1n) is 8.11. The molecule has 0 unspecified atom stereocenters. The van der Waals surface area contributed by atoms with E-state index in [1.807, 2.05) is 43.3 Å². The molecule has 0 saturated heterocycles. The highest BCUT2D eigenvalue weighted by atomic mass is 35.5. The van der Waals surface area contributed by atoms with Gasteiger partial charge in [-0.05, 0) is 55.7 Å². The zero-order valence-corrected chi connectivity index (χ0v) is 15.4. The van der Waals surface area contributed by atoms with Crippen molar-refractivity contribution in [2.24, 2.45) is 5.92 Å². The first-order valence-corrected chi connectivity index (χ1v) is 9.48. The van der Waals surface area contributed by atoms with Crippen LogP contribution >= 0.6 is 23.4 Å². The third-order valence-corrected chi connectivity index (χ3v) is 5.36. The molecule has 1 aliphatic rings. The Morgan fingerprint density at radius 1 is 1.16 bits per heavy atom. The minimum Gasteiger partial charge on any atom is -0.326 e. The van der Waals surface area contributed by atoms with Crippen molar-refractivity contribution >= 4 is 46.6 Å². The Kier molecular flexibility index (Phi) is 5.66. The second-order valence-corrected chi connectivity index (χ2v) is 7.50. The Bertz CT molecular complexity index is 806. The maximum absolute atomic E-state index is 12.2. The Morgan fingerprint density at radius 3 is 2.68 bits per heavy atom. The van der Waals surface area contributed by atoms with Crippen molar-refractivity contribution in [1.82, 2.24) is 0 Å². The van der Waals surface area contributed by atoms with Gasteiger partial charge in [0, 0.05) is 27.2 Å². The molecule has 0 aromatic heterocycles. The predicted octanol–water partition coefficient (Wildman–Crippen LogP) is 4.73. The van der Waals surface area contributed by atoms with Crippen molar-refractivity contribution in [2.75, 3.05) is 16.4 Å². The highest BCUT2D eigenvalue weighted by Gasteiger charge is 2.29. The van der Waals surface area contributed by atoms with Crippen LogP contribution < -0.4 is 10.6 Å². The fourth-order valence-corrected chi connectivity index (χ4v) is 3.26. The summed E-state index contributed by atoms with van der Waals surface area (Å²) in [6, 6.07) is 13.0. The van der Waals surface area contributed by atoms with Gasteiger partial charge in [-0.2, -0.15) is 0 Å². The third-order valence-electron chi connectivity index (χ3n) is 3.96. The van der Waals surface area contributed by atoms with Crippen molar-refractivity contribution in [3.63, 3.8) is 0 Å². The van der Waals surface area contributed by atoms with Crippen LogP contribution in [0.3, 0.4) is 0 Å². The average Bonchev–Trinajstić information content (AvgIpc) is 3.43. The Labute approximate surface area is 156 Å². The van der Waals surface area contributed by atoms with Crippen molar-refractivity contribution in [2.45, 2.75) is 24.7 Å².